The van der Waals surface area contributed by atoms with Gasteiger partial charge in [0, 0.05) is 19.3 Å². The van der Waals surface area contributed by atoms with Gasteiger partial charge in [0.15, 0.2) is 0 Å². The maximum Gasteiger partial charge on any atom is 0.273 e. The molecular formula is C13H13N3O5. The van der Waals surface area contributed by atoms with Crippen molar-refractivity contribution in [1.29, 1.82) is 5.26 Å². The lowest BCUT2D eigenvalue weighted by molar-refractivity contribution is -0.384. The van der Waals surface area contributed by atoms with Crippen molar-refractivity contribution >= 4 is 17.3 Å². The molecule has 2 N–H and O–H groups in total. The molecule has 1 saturated heterocycles. The normalized spacial score (nSPS) is 16.7. The minimum absolute atomic E-state index is 0.0340. The first-order chi connectivity index (χ1) is 9.98. The van der Waals surface area contributed by atoms with Crippen LogP contribution in [0, 0.1) is 26.9 Å². The van der Waals surface area contributed by atoms with Crippen LogP contribution in [0.2, 0.25) is 0 Å². The Morgan fingerprint density at radius 3 is 2.67 bits per heavy atom. The zero-order valence-corrected chi connectivity index (χ0v) is 11.0. The lowest BCUT2D eigenvalue weighted by atomic mass is 9.81. The van der Waals surface area contributed by atoms with E-state index in [1.54, 1.807) is 0 Å². The predicted octanol–water partition coefficient (Wildman–Crippen LogP) is 1.56. The number of phenols is 1. The number of aromatic hydroxyl groups is 1. The van der Waals surface area contributed by atoms with Crippen LogP contribution in [0.15, 0.2) is 18.2 Å². The van der Waals surface area contributed by atoms with E-state index in [1.807, 2.05) is 6.07 Å². The molecule has 1 heterocycles. The number of anilines is 1. The van der Waals surface area contributed by atoms with Crippen LogP contribution in [-0.4, -0.2) is 29.2 Å². The molecule has 0 aliphatic carbocycles. The molecule has 8 heteroatoms. The number of nitrogens with one attached hydrogen (secondary N) is 1. The molecule has 1 aromatic rings. The van der Waals surface area contributed by atoms with E-state index < -0.39 is 22.0 Å². The molecule has 1 aliphatic heterocycles. The van der Waals surface area contributed by atoms with Crippen molar-refractivity contribution < 1.29 is 19.6 Å². The third-order valence-corrected chi connectivity index (χ3v) is 3.44. The fourth-order valence-electron chi connectivity index (χ4n) is 2.09. The Kier molecular flexibility index (Phi) is 4.05. The van der Waals surface area contributed by atoms with Gasteiger partial charge in [-0.25, -0.2) is 0 Å². The molecule has 0 saturated carbocycles. The van der Waals surface area contributed by atoms with Crippen LogP contribution in [0.3, 0.4) is 0 Å². The molecule has 1 fully saturated rings. The Morgan fingerprint density at radius 2 is 2.14 bits per heavy atom. The highest BCUT2D eigenvalue weighted by molar-refractivity contribution is 5.98. The lowest BCUT2D eigenvalue weighted by Gasteiger charge is -2.29. The summed E-state index contributed by atoms with van der Waals surface area (Å²) in [4.78, 5) is 22.2. The lowest BCUT2D eigenvalue weighted by Crippen LogP contribution is -2.39. The molecule has 1 aliphatic rings. The van der Waals surface area contributed by atoms with Crippen molar-refractivity contribution in [3.05, 3.63) is 28.3 Å². The van der Waals surface area contributed by atoms with E-state index >= 15 is 0 Å². The Bertz CT molecular complexity index is 617. The van der Waals surface area contributed by atoms with E-state index in [-0.39, 0.29) is 24.2 Å². The molecule has 0 atom stereocenters. The van der Waals surface area contributed by atoms with Gasteiger partial charge in [-0.3, -0.25) is 14.9 Å². The fraction of sp³-hybridized carbons (Fsp3) is 0.385. The first-order valence-corrected chi connectivity index (χ1v) is 6.26. The van der Waals surface area contributed by atoms with Gasteiger partial charge in [0.1, 0.15) is 11.2 Å². The predicted molar refractivity (Wildman–Crippen MR) is 71.5 cm³/mol. The monoisotopic (exact) mass is 291 g/mol. The summed E-state index contributed by atoms with van der Waals surface area (Å²) in [6, 6.07) is 5.34. The smallest absolute Gasteiger partial charge is 0.273 e. The first kappa shape index (κ1) is 14.7. The molecule has 0 unspecified atom stereocenters. The zero-order chi connectivity index (χ0) is 15.5. The Labute approximate surface area is 120 Å². The number of non-ortho nitro benzene ring substituents is 1. The van der Waals surface area contributed by atoms with E-state index in [4.69, 9.17) is 4.74 Å². The number of nitrogens with zero attached hydrogens (tertiary/aromatic N) is 2. The molecule has 0 radical (unpaired) electrons. The molecule has 0 spiro atoms. The summed E-state index contributed by atoms with van der Waals surface area (Å²) in [7, 11) is 0. The molecule has 1 aromatic carbocycles. The van der Waals surface area contributed by atoms with Crippen molar-refractivity contribution in [2.45, 2.75) is 12.8 Å². The van der Waals surface area contributed by atoms with E-state index in [0.717, 1.165) is 6.07 Å². The number of rotatable bonds is 3. The number of nitro benzene ring substituents is 1. The van der Waals surface area contributed by atoms with Crippen LogP contribution >= 0.6 is 0 Å². The van der Waals surface area contributed by atoms with Crippen LogP contribution in [0.1, 0.15) is 12.8 Å². The Morgan fingerprint density at radius 1 is 1.48 bits per heavy atom. The van der Waals surface area contributed by atoms with Gasteiger partial charge in [-0.15, -0.1) is 0 Å². The van der Waals surface area contributed by atoms with Crippen molar-refractivity contribution in [3.8, 4) is 11.8 Å². The highest BCUT2D eigenvalue weighted by Gasteiger charge is 2.40. The number of carbonyl (C=O) groups excluding carboxylic acids is 1. The number of nitro groups is 1. The first-order valence-electron chi connectivity index (χ1n) is 6.26. The second-order valence-electron chi connectivity index (χ2n) is 4.72. The summed E-state index contributed by atoms with van der Waals surface area (Å²) in [5.74, 6) is -0.963. The minimum atomic E-state index is -1.20. The van der Waals surface area contributed by atoms with Crippen LogP contribution < -0.4 is 5.32 Å². The van der Waals surface area contributed by atoms with Crippen molar-refractivity contribution in [2.75, 3.05) is 18.5 Å². The summed E-state index contributed by atoms with van der Waals surface area (Å²) in [6.07, 6.45) is 0.534. The van der Waals surface area contributed by atoms with E-state index in [1.165, 1.54) is 12.1 Å². The zero-order valence-electron chi connectivity index (χ0n) is 11.0. The third-order valence-electron chi connectivity index (χ3n) is 3.44. The van der Waals surface area contributed by atoms with E-state index in [9.17, 15) is 25.3 Å². The molecule has 1 amide bonds. The Balaban J connectivity index is 2.19. The van der Waals surface area contributed by atoms with E-state index in [2.05, 4.69) is 5.32 Å². The van der Waals surface area contributed by atoms with Gasteiger partial charge < -0.3 is 15.2 Å². The van der Waals surface area contributed by atoms with Gasteiger partial charge in [-0.05, 0) is 18.9 Å². The average Bonchev–Trinajstić information content (AvgIpc) is 2.49. The van der Waals surface area contributed by atoms with Crippen LogP contribution in [0.4, 0.5) is 11.4 Å². The topological polar surface area (TPSA) is 125 Å². The molecule has 0 bridgehead atoms. The molecule has 8 nitrogen and oxygen atoms in total. The van der Waals surface area contributed by atoms with Crippen molar-refractivity contribution in [2.24, 2.45) is 5.41 Å². The highest BCUT2D eigenvalue weighted by Crippen LogP contribution is 2.34. The largest absolute Gasteiger partial charge is 0.506 e. The summed E-state index contributed by atoms with van der Waals surface area (Å²) in [5.41, 5.74) is -1.45. The average molecular weight is 291 g/mol. The van der Waals surface area contributed by atoms with Crippen LogP contribution in [-0.2, 0) is 9.53 Å². The SMILES string of the molecule is N#CC1(C(=O)Nc2ccc([N+](=O)[O-])cc2O)CCOCC1. The number of nitriles is 1. The van der Waals surface area contributed by atoms with Gasteiger partial charge in [0.25, 0.3) is 5.69 Å². The second kappa shape index (κ2) is 5.76. The molecule has 110 valence electrons. The summed E-state index contributed by atoms with van der Waals surface area (Å²) >= 11 is 0. The molecular weight excluding hydrogens is 278 g/mol. The maximum atomic E-state index is 12.3. The minimum Gasteiger partial charge on any atom is -0.506 e. The summed E-state index contributed by atoms with van der Waals surface area (Å²) in [6.45, 7) is 0.625. The number of benzene rings is 1. The molecule has 21 heavy (non-hydrogen) atoms. The number of ether oxygens (including phenoxy) is 1. The quantitative estimate of drug-likeness (QED) is 0.494. The van der Waals surface area contributed by atoms with Gasteiger partial charge in [0.05, 0.1) is 22.7 Å². The number of amides is 1. The Hall–Kier alpha value is -2.66. The highest BCUT2D eigenvalue weighted by atomic mass is 16.6. The molecule has 0 aromatic heterocycles. The number of hydrogen-bond donors (Lipinski definition) is 2. The standard InChI is InChI=1S/C13H13N3O5/c14-8-13(3-5-21-6-4-13)12(18)15-10-2-1-9(16(19)20)7-11(10)17/h1-2,7,17H,3-6H2,(H,15,18). The number of hydrogen-bond acceptors (Lipinski definition) is 6. The van der Waals surface area contributed by atoms with Crippen LogP contribution in [0.25, 0.3) is 0 Å². The fourth-order valence-corrected chi connectivity index (χ4v) is 2.09. The van der Waals surface area contributed by atoms with Crippen LogP contribution in [0.5, 0.6) is 5.75 Å². The van der Waals surface area contributed by atoms with Gasteiger partial charge in [0.2, 0.25) is 5.91 Å². The number of phenolic OH excluding ortho intramolecular Hbond substituents is 1. The molecule has 2 rings (SSSR count). The summed E-state index contributed by atoms with van der Waals surface area (Å²) < 4.78 is 5.14. The van der Waals surface area contributed by atoms with Crippen molar-refractivity contribution in [3.63, 3.8) is 0 Å². The van der Waals surface area contributed by atoms with Crippen molar-refractivity contribution in [1.82, 2.24) is 0 Å². The van der Waals surface area contributed by atoms with Gasteiger partial charge in [-0.2, -0.15) is 5.26 Å². The van der Waals surface area contributed by atoms with E-state index in [0.29, 0.717) is 13.2 Å². The second-order valence-corrected chi connectivity index (χ2v) is 4.72. The maximum absolute atomic E-state index is 12.3. The number of carbonyl (C=O) groups is 1. The summed E-state index contributed by atoms with van der Waals surface area (Å²) in [5, 5.41) is 32.0. The van der Waals surface area contributed by atoms with Gasteiger partial charge in [-0.1, -0.05) is 0 Å². The van der Waals surface area contributed by atoms with Gasteiger partial charge >= 0.3 is 0 Å². The third kappa shape index (κ3) is 2.93.